The third-order valence-electron chi connectivity index (χ3n) is 4.98. The van der Waals surface area contributed by atoms with Crippen LogP contribution in [0.3, 0.4) is 0 Å². The number of nitrogens with zero attached hydrogens (tertiary/aromatic N) is 2. The van der Waals surface area contributed by atoms with E-state index in [1.807, 2.05) is 13.0 Å². The summed E-state index contributed by atoms with van der Waals surface area (Å²) >= 11 is 0. The molecule has 1 N–H and O–H groups in total. The van der Waals surface area contributed by atoms with Gasteiger partial charge in [-0.25, -0.2) is 4.68 Å². The number of amides is 1. The second-order valence-corrected chi connectivity index (χ2v) is 7.07. The third kappa shape index (κ3) is 3.54. The van der Waals surface area contributed by atoms with Gasteiger partial charge in [0.2, 0.25) is 0 Å². The number of aromatic nitrogens is 2. The zero-order valence-electron chi connectivity index (χ0n) is 15.4. The molecule has 1 fully saturated rings. The molecule has 0 radical (unpaired) electrons. The Morgan fingerprint density at radius 1 is 1.19 bits per heavy atom. The fraction of sp³-hybridized carbons (Fsp3) is 0.450. The van der Waals surface area contributed by atoms with E-state index in [4.69, 9.17) is 9.47 Å². The normalized spacial score (nSPS) is 16.6. The van der Waals surface area contributed by atoms with Crippen LogP contribution in [0.5, 0.6) is 11.5 Å². The lowest BCUT2D eigenvalue weighted by Gasteiger charge is -2.21. The van der Waals surface area contributed by atoms with E-state index >= 15 is 0 Å². The lowest BCUT2D eigenvalue weighted by atomic mass is 10.2. The molecule has 2 aliphatic rings. The Balaban J connectivity index is 1.49. The zero-order chi connectivity index (χ0) is 18.9. The van der Waals surface area contributed by atoms with Gasteiger partial charge in [-0.05, 0) is 37.5 Å². The molecule has 4 rings (SSSR count). The minimum absolute atomic E-state index is 0.204. The van der Waals surface area contributed by atoms with Crippen molar-refractivity contribution in [2.45, 2.75) is 57.8 Å². The molecule has 1 amide bonds. The molecule has 2 aromatic rings. The average molecular weight is 369 g/mol. The second kappa shape index (κ2) is 7.06. The van der Waals surface area contributed by atoms with E-state index < -0.39 is 5.79 Å². The molecular formula is C20H23N3O4. The van der Waals surface area contributed by atoms with Gasteiger partial charge < -0.3 is 14.8 Å². The molecule has 1 aromatic carbocycles. The first-order valence-electron chi connectivity index (χ1n) is 9.50. The summed E-state index contributed by atoms with van der Waals surface area (Å²) in [7, 11) is 0. The predicted octanol–water partition coefficient (Wildman–Crippen LogP) is 3.34. The van der Waals surface area contributed by atoms with Gasteiger partial charge in [0.05, 0.1) is 0 Å². The first-order chi connectivity index (χ1) is 13.1. The van der Waals surface area contributed by atoms with E-state index in [9.17, 15) is 9.59 Å². The zero-order valence-corrected chi connectivity index (χ0v) is 15.4. The van der Waals surface area contributed by atoms with Crippen molar-refractivity contribution in [3.8, 4) is 11.5 Å². The van der Waals surface area contributed by atoms with Crippen molar-refractivity contribution in [2.75, 3.05) is 5.32 Å². The predicted molar refractivity (Wildman–Crippen MR) is 100 cm³/mol. The number of rotatable bonds is 5. The number of carbonyl (C=O) groups excluding carboxylic acids is 1. The van der Waals surface area contributed by atoms with Crippen LogP contribution in [0.2, 0.25) is 0 Å². The standard InChI is InChI=1S/C20H23N3O4/c1-2-3-12-23-18(24)9-7-15(22-23)19(25)21-14-6-8-16-17(13-14)27-20(26-16)10-4-5-11-20/h6-9,13H,2-5,10-12H2,1H3,(H,21,25). The highest BCUT2D eigenvalue weighted by atomic mass is 16.7. The Morgan fingerprint density at radius 2 is 1.96 bits per heavy atom. The Hall–Kier alpha value is -2.83. The van der Waals surface area contributed by atoms with Crippen LogP contribution in [0, 0.1) is 0 Å². The summed E-state index contributed by atoms with van der Waals surface area (Å²) in [6.07, 6.45) is 5.73. The van der Waals surface area contributed by atoms with Crippen LogP contribution in [0.25, 0.3) is 0 Å². The minimum atomic E-state index is -0.526. The van der Waals surface area contributed by atoms with Crippen molar-refractivity contribution in [3.05, 3.63) is 46.4 Å². The number of benzene rings is 1. The van der Waals surface area contributed by atoms with Crippen LogP contribution in [0.15, 0.2) is 35.1 Å². The molecule has 1 aliphatic heterocycles. The number of anilines is 1. The van der Waals surface area contributed by atoms with E-state index in [-0.39, 0.29) is 17.2 Å². The van der Waals surface area contributed by atoms with Gasteiger partial charge in [0.1, 0.15) is 5.69 Å². The van der Waals surface area contributed by atoms with Crippen LogP contribution in [-0.2, 0) is 6.54 Å². The molecule has 142 valence electrons. The summed E-state index contributed by atoms with van der Waals surface area (Å²) in [5.74, 6) is 0.466. The van der Waals surface area contributed by atoms with Crippen LogP contribution < -0.4 is 20.3 Å². The maximum Gasteiger partial charge on any atom is 0.276 e. The van der Waals surface area contributed by atoms with Gasteiger partial charge in [-0.1, -0.05) is 13.3 Å². The molecule has 1 aromatic heterocycles. The molecule has 1 aliphatic carbocycles. The number of nitrogens with one attached hydrogen (secondary N) is 1. The number of fused-ring (bicyclic) bond motifs is 1. The summed E-state index contributed by atoms with van der Waals surface area (Å²) in [6.45, 7) is 2.54. The van der Waals surface area contributed by atoms with Crippen molar-refractivity contribution in [1.82, 2.24) is 9.78 Å². The van der Waals surface area contributed by atoms with E-state index in [0.717, 1.165) is 38.5 Å². The van der Waals surface area contributed by atoms with Gasteiger partial charge >= 0.3 is 0 Å². The summed E-state index contributed by atoms with van der Waals surface area (Å²) in [5.41, 5.74) is 0.603. The average Bonchev–Trinajstić information content (AvgIpc) is 3.26. The summed E-state index contributed by atoms with van der Waals surface area (Å²) < 4.78 is 13.3. The molecule has 7 nitrogen and oxygen atoms in total. The van der Waals surface area contributed by atoms with Gasteiger partial charge in [0, 0.05) is 37.2 Å². The van der Waals surface area contributed by atoms with Crippen LogP contribution >= 0.6 is 0 Å². The number of carbonyl (C=O) groups is 1. The van der Waals surface area contributed by atoms with E-state index in [1.54, 1.807) is 12.1 Å². The fourth-order valence-corrected chi connectivity index (χ4v) is 3.52. The summed E-state index contributed by atoms with van der Waals surface area (Å²) in [6, 6.07) is 8.18. The molecule has 0 unspecified atom stereocenters. The fourth-order valence-electron chi connectivity index (χ4n) is 3.52. The van der Waals surface area contributed by atoms with Crippen LogP contribution in [0.1, 0.15) is 55.9 Å². The van der Waals surface area contributed by atoms with Crippen molar-refractivity contribution >= 4 is 11.6 Å². The summed E-state index contributed by atoms with van der Waals surface area (Å²) in [4.78, 5) is 24.4. The van der Waals surface area contributed by atoms with Gasteiger partial charge in [0.25, 0.3) is 17.3 Å². The molecular weight excluding hydrogens is 346 g/mol. The molecule has 0 saturated heterocycles. The number of aryl methyl sites for hydroxylation is 1. The topological polar surface area (TPSA) is 82.5 Å². The first-order valence-corrected chi connectivity index (χ1v) is 9.50. The molecule has 27 heavy (non-hydrogen) atoms. The van der Waals surface area contributed by atoms with Crippen molar-refractivity contribution in [2.24, 2.45) is 0 Å². The van der Waals surface area contributed by atoms with Gasteiger partial charge in [-0.15, -0.1) is 0 Å². The molecule has 7 heteroatoms. The molecule has 0 bridgehead atoms. The van der Waals surface area contributed by atoms with Crippen molar-refractivity contribution in [3.63, 3.8) is 0 Å². The second-order valence-electron chi connectivity index (χ2n) is 7.07. The molecule has 2 heterocycles. The third-order valence-corrected chi connectivity index (χ3v) is 4.98. The Kier molecular flexibility index (Phi) is 4.59. The van der Waals surface area contributed by atoms with E-state index in [0.29, 0.717) is 23.7 Å². The number of unbranched alkanes of at least 4 members (excludes halogenated alkanes) is 1. The van der Waals surface area contributed by atoms with Crippen LogP contribution in [-0.4, -0.2) is 21.5 Å². The van der Waals surface area contributed by atoms with E-state index in [1.165, 1.54) is 16.8 Å². The Bertz CT molecular complexity index is 916. The number of hydrogen-bond acceptors (Lipinski definition) is 5. The lowest BCUT2D eigenvalue weighted by molar-refractivity contribution is -0.0716. The highest BCUT2D eigenvalue weighted by molar-refractivity contribution is 6.02. The maximum absolute atomic E-state index is 12.5. The number of hydrogen-bond donors (Lipinski definition) is 1. The monoisotopic (exact) mass is 369 g/mol. The molecule has 1 spiro atoms. The van der Waals surface area contributed by atoms with Crippen molar-refractivity contribution < 1.29 is 14.3 Å². The van der Waals surface area contributed by atoms with Crippen molar-refractivity contribution in [1.29, 1.82) is 0 Å². The Labute approximate surface area is 157 Å². The minimum Gasteiger partial charge on any atom is -0.448 e. The molecule has 0 atom stereocenters. The number of ether oxygens (including phenoxy) is 2. The maximum atomic E-state index is 12.5. The largest absolute Gasteiger partial charge is 0.448 e. The SMILES string of the molecule is CCCCn1nc(C(=O)Nc2ccc3c(c2)OC2(CCCC2)O3)ccc1=O. The smallest absolute Gasteiger partial charge is 0.276 e. The Morgan fingerprint density at radius 3 is 2.74 bits per heavy atom. The van der Waals surface area contributed by atoms with Gasteiger partial charge in [0.15, 0.2) is 11.5 Å². The van der Waals surface area contributed by atoms with Crippen LogP contribution in [0.4, 0.5) is 5.69 Å². The first kappa shape index (κ1) is 17.6. The quantitative estimate of drug-likeness (QED) is 0.874. The molecule has 1 saturated carbocycles. The highest BCUT2D eigenvalue weighted by Gasteiger charge is 2.44. The van der Waals surface area contributed by atoms with E-state index in [2.05, 4.69) is 10.4 Å². The lowest BCUT2D eigenvalue weighted by Crippen LogP contribution is -2.34. The van der Waals surface area contributed by atoms with Gasteiger partial charge in [-0.2, -0.15) is 5.10 Å². The summed E-state index contributed by atoms with van der Waals surface area (Å²) in [5, 5.41) is 6.99. The van der Waals surface area contributed by atoms with Gasteiger partial charge in [-0.3, -0.25) is 9.59 Å². The highest BCUT2D eigenvalue weighted by Crippen LogP contribution is 2.47.